The van der Waals surface area contributed by atoms with E-state index in [-0.39, 0.29) is 30.2 Å². The maximum atomic E-state index is 12.5. The Balaban J connectivity index is 1.36. The molecule has 4 aromatic rings. The van der Waals surface area contributed by atoms with E-state index in [0.29, 0.717) is 50.0 Å². The monoisotopic (exact) mass is 566 g/mol. The highest BCUT2D eigenvalue weighted by atomic mass is 32.1. The number of ether oxygens (including phenoxy) is 3. The summed E-state index contributed by atoms with van der Waals surface area (Å²) in [6, 6.07) is 7.76. The van der Waals surface area contributed by atoms with Crippen molar-refractivity contribution in [3.63, 3.8) is 0 Å². The molecule has 208 valence electrons. The molecule has 1 unspecified atom stereocenters. The Labute approximate surface area is 232 Å². The number of benzene rings is 2. The van der Waals surface area contributed by atoms with Crippen molar-refractivity contribution in [3.8, 4) is 39.4 Å². The summed E-state index contributed by atoms with van der Waals surface area (Å²) in [5.41, 5.74) is 8.87. The SMILES string of the molecule is COc1cc(Nc2nc(N)c(-c3nc(-c4cc(NC(=O)C5CNC(=O)N5)ccc4C)no3)s2)cc(OC)c1OC. The second kappa shape index (κ2) is 11.0. The second-order valence-corrected chi connectivity index (χ2v) is 9.62. The minimum atomic E-state index is -0.661. The van der Waals surface area contributed by atoms with Crippen LogP contribution in [0.4, 0.5) is 27.1 Å². The standard InChI is InChI=1S/C25H26N8O6S/c1-11-5-6-12(28-22(34)15-10-27-24(35)30-15)7-14(11)21-32-23(39-33-21)19-20(26)31-25(40-19)29-13-8-16(36-2)18(38-4)17(9-13)37-3/h5-9,15H,10,26H2,1-4H3,(H,28,34)(H,29,31)(H2,27,30,35). The summed E-state index contributed by atoms with van der Waals surface area (Å²) in [4.78, 5) is 33.2. The number of thiazole rings is 1. The summed E-state index contributed by atoms with van der Waals surface area (Å²) in [5.74, 6) is 1.80. The fourth-order valence-corrected chi connectivity index (χ4v) is 4.85. The third-order valence-corrected chi connectivity index (χ3v) is 7.00. The Morgan fingerprint density at radius 1 is 1.10 bits per heavy atom. The van der Waals surface area contributed by atoms with Crippen molar-refractivity contribution in [1.82, 2.24) is 25.8 Å². The Hall–Kier alpha value is -5.05. The molecule has 5 rings (SSSR count). The molecule has 0 radical (unpaired) electrons. The largest absolute Gasteiger partial charge is 0.493 e. The van der Waals surface area contributed by atoms with Crippen molar-refractivity contribution in [2.45, 2.75) is 13.0 Å². The number of hydrogen-bond acceptors (Lipinski definition) is 12. The molecule has 1 fully saturated rings. The Kier molecular flexibility index (Phi) is 7.29. The van der Waals surface area contributed by atoms with Gasteiger partial charge < -0.3 is 45.7 Å². The van der Waals surface area contributed by atoms with Gasteiger partial charge in [-0.25, -0.2) is 9.78 Å². The molecule has 14 nitrogen and oxygen atoms in total. The first-order valence-corrected chi connectivity index (χ1v) is 12.7. The lowest BCUT2D eigenvalue weighted by molar-refractivity contribution is -0.117. The first-order valence-electron chi connectivity index (χ1n) is 11.9. The minimum Gasteiger partial charge on any atom is -0.493 e. The van der Waals surface area contributed by atoms with Crippen LogP contribution in [0.25, 0.3) is 22.2 Å². The zero-order valence-electron chi connectivity index (χ0n) is 21.9. The lowest BCUT2D eigenvalue weighted by atomic mass is 10.1. The predicted molar refractivity (Wildman–Crippen MR) is 148 cm³/mol. The van der Waals surface area contributed by atoms with Gasteiger partial charge in [-0.2, -0.15) is 4.98 Å². The summed E-state index contributed by atoms with van der Waals surface area (Å²) >= 11 is 1.23. The van der Waals surface area contributed by atoms with Crippen LogP contribution < -0.4 is 41.2 Å². The van der Waals surface area contributed by atoms with Crippen LogP contribution in [-0.4, -0.2) is 61.0 Å². The molecule has 0 spiro atoms. The molecule has 1 atom stereocenters. The minimum absolute atomic E-state index is 0.191. The molecular weight excluding hydrogens is 540 g/mol. The number of nitrogens with one attached hydrogen (secondary N) is 4. The number of nitrogens with zero attached hydrogens (tertiary/aromatic N) is 3. The van der Waals surface area contributed by atoms with Crippen molar-refractivity contribution < 1.29 is 28.3 Å². The van der Waals surface area contributed by atoms with Gasteiger partial charge in [-0.15, -0.1) is 0 Å². The molecule has 2 aromatic carbocycles. The molecule has 3 heterocycles. The fraction of sp³-hybridized carbons (Fsp3) is 0.240. The summed E-state index contributed by atoms with van der Waals surface area (Å²) in [5, 5.41) is 15.7. The first-order chi connectivity index (χ1) is 19.3. The highest BCUT2D eigenvalue weighted by Crippen LogP contribution is 2.42. The molecule has 0 bridgehead atoms. The van der Waals surface area contributed by atoms with Gasteiger partial charge >= 0.3 is 6.03 Å². The molecule has 1 aliphatic rings. The molecule has 2 aromatic heterocycles. The number of nitrogen functional groups attached to an aromatic ring is 1. The second-order valence-electron chi connectivity index (χ2n) is 8.62. The zero-order valence-corrected chi connectivity index (χ0v) is 22.8. The number of hydrogen-bond donors (Lipinski definition) is 5. The van der Waals surface area contributed by atoms with E-state index in [1.807, 2.05) is 13.0 Å². The summed E-state index contributed by atoms with van der Waals surface area (Å²) < 4.78 is 21.7. The average Bonchev–Trinajstić information content (AvgIpc) is 3.69. The van der Waals surface area contributed by atoms with Gasteiger partial charge in [-0.3, -0.25) is 4.79 Å². The average molecular weight is 567 g/mol. The van der Waals surface area contributed by atoms with Crippen LogP contribution >= 0.6 is 11.3 Å². The maximum Gasteiger partial charge on any atom is 0.315 e. The van der Waals surface area contributed by atoms with E-state index in [0.717, 1.165) is 5.56 Å². The van der Waals surface area contributed by atoms with Gasteiger partial charge in [0, 0.05) is 35.6 Å². The third kappa shape index (κ3) is 5.26. The molecule has 0 aliphatic carbocycles. The molecule has 15 heteroatoms. The molecule has 6 N–H and O–H groups in total. The van der Waals surface area contributed by atoms with Crippen LogP contribution in [0.1, 0.15) is 5.56 Å². The van der Waals surface area contributed by atoms with Crippen molar-refractivity contribution in [1.29, 1.82) is 0 Å². The Bertz CT molecular complexity index is 1560. The van der Waals surface area contributed by atoms with E-state index >= 15 is 0 Å². The van der Waals surface area contributed by atoms with E-state index in [4.69, 9.17) is 24.5 Å². The topological polar surface area (TPSA) is 188 Å². The Morgan fingerprint density at radius 2 is 1.85 bits per heavy atom. The number of nitrogens with two attached hydrogens (primary N) is 1. The number of amides is 3. The lowest BCUT2D eigenvalue weighted by Crippen LogP contribution is -2.38. The summed E-state index contributed by atoms with van der Waals surface area (Å²) in [6.07, 6.45) is 0. The fourth-order valence-electron chi connectivity index (χ4n) is 4.02. The van der Waals surface area contributed by atoms with Crippen LogP contribution in [0.5, 0.6) is 17.2 Å². The molecular formula is C25H26N8O6S. The quantitative estimate of drug-likeness (QED) is 0.200. The normalized spacial score (nSPS) is 14.3. The van der Waals surface area contributed by atoms with Gasteiger partial charge in [0.2, 0.25) is 17.5 Å². The van der Waals surface area contributed by atoms with Crippen LogP contribution in [0.2, 0.25) is 0 Å². The van der Waals surface area contributed by atoms with Gasteiger partial charge in [-0.1, -0.05) is 22.6 Å². The number of aryl methyl sites for hydroxylation is 1. The van der Waals surface area contributed by atoms with Crippen molar-refractivity contribution in [3.05, 3.63) is 35.9 Å². The van der Waals surface area contributed by atoms with Crippen LogP contribution in [0.15, 0.2) is 34.9 Å². The van der Waals surface area contributed by atoms with Crippen LogP contribution in [0, 0.1) is 6.92 Å². The molecule has 1 aliphatic heterocycles. The number of aromatic nitrogens is 3. The number of anilines is 4. The van der Waals surface area contributed by atoms with Crippen LogP contribution in [-0.2, 0) is 4.79 Å². The van der Waals surface area contributed by atoms with Gasteiger partial charge in [0.05, 0.1) is 21.3 Å². The molecule has 0 saturated carbocycles. The van der Waals surface area contributed by atoms with Crippen molar-refractivity contribution in [2.75, 3.05) is 44.2 Å². The molecule has 3 amide bonds. The smallest absolute Gasteiger partial charge is 0.315 e. The van der Waals surface area contributed by atoms with Crippen molar-refractivity contribution in [2.24, 2.45) is 0 Å². The van der Waals surface area contributed by atoms with E-state index in [2.05, 4.69) is 36.4 Å². The maximum absolute atomic E-state index is 12.5. The highest BCUT2D eigenvalue weighted by Gasteiger charge is 2.27. The molecule has 1 saturated heterocycles. The van der Waals surface area contributed by atoms with Gasteiger partial charge in [0.1, 0.15) is 16.7 Å². The number of urea groups is 1. The number of rotatable bonds is 9. The highest BCUT2D eigenvalue weighted by molar-refractivity contribution is 7.19. The van der Waals surface area contributed by atoms with Crippen molar-refractivity contribution >= 4 is 45.6 Å². The van der Waals surface area contributed by atoms with E-state index in [1.165, 1.54) is 32.7 Å². The summed E-state index contributed by atoms with van der Waals surface area (Å²) in [7, 11) is 4.60. The van der Waals surface area contributed by atoms with E-state index < -0.39 is 6.04 Å². The van der Waals surface area contributed by atoms with Gasteiger partial charge in [0.25, 0.3) is 5.89 Å². The predicted octanol–water partition coefficient (Wildman–Crippen LogP) is 3.14. The first kappa shape index (κ1) is 26.6. The van der Waals surface area contributed by atoms with Crippen LogP contribution in [0.3, 0.4) is 0 Å². The number of carbonyl (C=O) groups is 2. The third-order valence-electron chi connectivity index (χ3n) is 6.02. The summed E-state index contributed by atoms with van der Waals surface area (Å²) in [6.45, 7) is 2.10. The molecule has 40 heavy (non-hydrogen) atoms. The lowest BCUT2D eigenvalue weighted by Gasteiger charge is -2.14. The van der Waals surface area contributed by atoms with E-state index in [1.54, 1.807) is 24.3 Å². The Morgan fingerprint density at radius 3 is 2.50 bits per heavy atom. The number of carbonyl (C=O) groups excluding carboxylic acids is 2. The van der Waals surface area contributed by atoms with Gasteiger partial charge in [-0.05, 0) is 24.6 Å². The zero-order chi connectivity index (χ0) is 28.4. The van der Waals surface area contributed by atoms with E-state index in [9.17, 15) is 9.59 Å². The number of methoxy groups -OCH3 is 3. The van der Waals surface area contributed by atoms with Gasteiger partial charge in [0.15, 0.2) is 16.6 Å².